The molecule has 1 aromatic carbocycles. The number of H-pyrrole nitrogens is 1. The van der Waals surface area contributed by atoms with E-state index in [1.54, 1.807) is 37.1 Å². The van der Waals surface area contributed by atoms with Gasteiger partial charge in [-0.1, -0.05) is 12.1 Å². The lowest BCUT2D eigenvalue weighted by atomic mass is 10.2. The lowest BCUT2D eigenvalue weighted by Crippen LogP contribution is -2.40. The molecule has 0 radical (unpaired) electrons. The quantitative estimate of drug-likeness (QED) is 0.823. The van der Waals surface area contributed by atoms with Crippen molar-refractivity contribution < 1.29 is 4.79 Å². The van der Waals surface area contributed by atoms with Crippen LogP contribution in [0.2, 0.25) is 0 Å². The smallest absolute Gasteiger partial charge is 0.258 e. The van der Waals surface area contributed by atoms with E-state index in [4.69, 9.17) is 5.73 Å². The molecule has 6 heteroatoms. The van der Waals surface area contributed by atoms with Gasteiger partial charge < -0.3 is 10.7 Å². The molecule has 0 aliphatic heterocycles. The average Bonchev–Trinajstić information content (AvgIpc) is 2.37. The fourth-order valence-electron chi connectivity index (χ4n) is 1.80. The molecule has 100 valence electrons. The summed E-state index contributed by atoms with van der Waals surface area (Å²) in [6, 6.07) is 6.71. The molecule has 0 aliphatic rings. The van der Waals surface area contributed by atoms with Gasteiger partial charge in [-0.3, -0.25) is 14.5 Å². The molecule has 1 atom stereocenters. The predicted octanol–water partition coefficient (Wildman–Crippen LogP) is 0.229. The highest BCUT2D eigenvalue weighted by atomic mass is 16.1. The van der Waals surface area contributed by atoms with Crippen molar-refractivity contribution in [2.75, 3.05) is 7.05 Å². The van der Waals surface area contributed by atoms with E-state index in [0.29, 0.717) is 23.3 Å². The molecule has 0 aliphatic carbocycles. The lowest BCUT2D eigenvalue weighted by molar-refractivity contribution is -0.122. The monoisotopic (exact) mass is 260 g/mol. The third kappa shape index (κ3) is 2.79. The van der Waals surface area contributed by atoms with Gasteiger partial charge in [0.1, 0.15) is 5.82 Å². The third-order valence-corrected chi connectivity index (χ3v) is 3.13. The van der Waals surface area contributed by atoms with E-state index in [9.17, 15) is 9.59 Å². The summed E-state index contributed by atoms with van der Waals surface area (Å²) >= 11 is 0. The first-order chi connectivity index (χ1) is 8.99. The van der Waals surface area contributed by atoms with Gasteiger partial charge in [0, 0.05) is 0 Å². The fourth-order valence-corrected chi connectivity index (χ4v) is 1.80. The summed E-state index contributed by atoms with van der Waals surface area (Å²) in [5, 5.41) is 0.553. The van der Waals surface area contributed by atoms with Crippen LogP contribution in [-0.2, 0) is 11.3 Å². The Morgan fingerprint density at radius 3 is 2.84 bits per heavy atom. The molecule has 6 nitrogen and oxygen atoms in total. The number of nitrogens with zero attached hydrogens (tertiary/aromatic N) is 2. The van der Waals surface area contributed by atoms with Crippen LogP contribution in [0.4, 0.5) is 0 Å². The molecular formula is C13H16N4O2. The normalized spacial score (nSPS) is 12.8. The molecule has 1 heterocycles. The van der Waals surface area contributed by atoms with Crippen molar-refractivity contribution in [1.29, 1.82) is 0 Å². The highest BCUT2D eigenvalue weighted by Gasteiger charge is 2.16. The van der Waals surface area contributed by atoms with Crippen LogP contribution in [0.15, 0.2) is 29.1 Å². The highest BCUT2D eigenvalue weighted by molar-refractivity contribution is 5.79. The third-order valence-electron chi connectivity index (χ3n) is 3.13. The first kappa shape index (κ1) is 13.2. The number of amides is 1. The highest BCUT2D eigenvalue weighted by Crippen LogP contribution is 2.07. The maximum Gasteiger partial charge on any atom is 0.258 e. The van der Waals surface area contributed by atoms with Crippen LogP contribution in [0.25, 0.3) is 10.9 Å². The molecule has 3 N–H and O–H groups in total. The van der Waals surface area contributed by atoms with E-state index >= 15 is 0 Å². The van der Waals surface area contributed by atoms with Crippen molar-refractivity contribution in [2.24, 2.45) is 5.73 Å². The average molecular weight is 260 g/mol. The van der Waals surface area contributed by atoms with Gasteiger partial charge in [-0.2, -0.15) is 0 Å². The number of benzene rings is 1. The first-order valence-corrected chi connectivity index (χ1v) is 5.96. The fraction of sp³-hybridized carbons (Fsp3) is 0.308. The molecule has 2 rings (SSSR count). The maximum atomic E-state index is 11.9. The largest absolute Gasteiger partial charge is 0.368 e. The number of fused-ring (bicyclic) bond motifs is 1. The first-order valence-electron chi connectivity index (χ1n) is 5.96. The molecule has 1 amide bonds. The number of likely N-dealkylation sites (N-methyl/N-ethyl adjacent to an activating group) is 1. The molecule has 0 spiro atoms. The standard InChI is InChI=1S/C13H16N4O2/c1-8(12(14)18)17(2)7-11-15-10-6-4-3-5-9(10)13(19)16-11/h3-6,8H,7H2,1-2H3,(H2,14,18)(H,15,16,19). The van der Waals surface area contributed by atoms with Crippen molar-refractivity contribution in [2.45, 2.75) is 19.5 Å². The zero-order valence-electron chi connectivity index (χ0n) is 10.9. The molecule has 1 aromatic heterocycles. The summed E-state index contributed by atoms with van der Waals surface area (Å²) in [6.45, 7) is 2.06. The summed E-state index contributed by atoms with van der Waals surface area (Å²) in [7, 11) is 1.75. The lowest BCUT2D eigenvalue weighted by Gasteiger charge is -2.21. The number of nitrogens with one attached hydrogen (secondary N) is 1. The second-order valence-electron chi connectivity index (χ2n) is 4.52. The minimum absolute atomic E-state index is 0.180. The van der Waals surface area contributed by atoms with Crippen LogP contribution in [0.5, 0.6) is 0 Å². The summed E-state index contributed by atoms with van der Waals surface area (Å²) in [5.41, 5.74) is 5.70. The van der Waals surface area contributed by atoms with E-state index in [1.165, 1.54) is 0 Å². The minimum atomic E-state index is -0.420. The number of aromatic amines is 1. The van der Waals surface area contributed by atoms with Gasteiger partial charge in [0.2, 0.25) is 5.91 Å². The summed E-state index contributed by atoms with van der Waals surface area (Å²) in [5.74, 6) is 0.102. The summed E-state index contributed by atoms with van der Waals surface area (Å²) in [6.07, 6.45) is 0. The molecule has 19 heavy (non-hydrogen) atoms. The van der Waals surface area contributed by atoms with Crippen LogP contribution in [-0.4, -0.2) is 33.9 Å². The Hall–Kier alpha value is -2.21. The van der Waals surface area contributed by atoms with E-state index in [2.05, 4.69) is 9.97 Å². The maximum absolute atomic E-state index is 11.9. The number of hydrogen-bond donors (Lipinski definition) is 2. The Morgan fingerprint density at radius 1 is 1.47 bits per heavy atom. The number of rotatable bonds is 4. The number of carbonyl (C=O) groups is 1. The van der Waals surface area contributed by atoms with E-state index in [-0.39, 0.29) is 5.56 Å². The van der Waals surface area contributed by atoms with Gasteiger partial charge in [0.05, 0.1) is 23.5 Å². The zero-order chi connectivity index (χ0) is 14.0. The minimum Gasteiger partial charge on any atom is -0.368 e. The Balaban J connectivity index is 2.32. The van der Waals surface area contributed by atoms with Gasteiger partial charge in [-0.15, -0.1) is 0 Å². The zero-order valence-corrected chi connectivity index (χ0v) is 10.9. The molecular weight excluding hydrogens is 244 g/mol. The Morgan fingerprint density at radius 2 is 2.16 bits per heavy atom. The van der Waals surface area contributed by atoms with Crippen LogP contribution in [0.1, 0.15) is 12.7 Å². The SMILES string of the molecule is CC(C(N)=O)N(C)Cc1nc2ccccc2c(=O)[nH]1. The van der Waals surface area contributed by atoms with Crippen molar-refractivity contribution in [3.8, 4) is 0 Å². The van der Waals surface area contributed by atoms with E-state index < -0.39 is 11.9 Å². The molecule has 0 saturated heterocycles. The number of nitrogens with two attached hydrogens (primary N) is 1. The molecule has 2 aromatic rings. The van der Waals surface area contributed by atoms with Crippen LogP contribution < -0.4 is 11.3 Å². The predicted molar refractivity (Wildman–Crippen MR) is 72.5 cm³/mol. The number of aromatic nitrogens is 2. The van der Waals surface area contributed by atoms with Crippen LogP contribution in [0.3, 0.4) is 0 Å². The van der Waals surface area contributed by atoms with Crippen molar-refractivity contribution in [3.63, 3.8) is 0 Å². The van der Waals surface area contributed by atoms with Gasteiger partial charge >= 0.3 is 0 Å². The number of para-hydroxylation sites is 1. The van der Waals surface area contributed by atoms with Gasteiger partial charge in [-0.25, -0.2) is 4.98 Å². The van der Waals surface area contributed by atoms with Gasteiger partial charge in [0.25, 0.3) is 5.56 Å². The Bertz CT molecular complexity index is 665. The van der Waals surface area contributed by atoms with Crippen LogP contribution >= 0.6 is 0 Å². The number of carbonyl (C=O) groups excluding carboxylic acids is 1. The van der Waals surface area contributed by atoms with Crippen molar-refractivity contribution >= 4 is 16.8 Å². The van der Waals surface area contributed by atoms with Crippen molar-refractivity contribution in [1.82, 2.24) is 14.9 Å². The molecule has 0 fully saturated rings. The summed E-state index contributed by atoms with van der Waals surface area (Å²) in [4.78, 5) is 31.8. The number of primary amides is 1. The molecule has 0 saturated carbocycles. The van der Waals surface area contributed by atoms with Crippen LogP contribution in [0, 0.1) is 0 Å². The summed E-state index contributed by atoms with van der Waals surface area (Å²) < 4.78 is 0. The van der Waals surface area contributed by atoms with Crippen molar-refractivity contribution in [3.05, 3.63) is 40.4 Å². The molecule has 1 unspecified atom stereocenters. The van der Waals surface area contributed by atoms with Gasteiger partial charge in [0.15, 0.2) is 0 Å². The Labute approximate surface area is 110 Å². The Kier molecular flexibility index (Phi) is 3.62. The molecule has 0 bridgehead atoms. The van der Waals surface area contributed by atoms with Gasteiger partial charge in [-0.05, 0) is 26.1 Å². The second-order valence-corrected chi connectivity index (χ2v) is 4.52. The number of hydrogen-bond acceptors (Lipinski definition) is 4. The van der Waals surface area contributed by atoms with E-state index in [0.717, 1.165) is 0 Å². The van der Waals surface area contributed by atoms with E-state index in [1.807, 2.05) is 6.07 Å². The second kappa shape index (κ2) is 5.19. The topological polar surface area (TPSA) is 92.1 Å².